The van der Waals surface area contributed by atoms with Crippen LogP contribution < -0.4 is 10.9 Å². The van der Waals surface area contributed by atoms with E-state index < -0.39 is 0 Å². The van der Waals surface area contributed by atoms with Crippen molar-refractivity contribution < 1.29 is 4.79 Å². The molecule has 1 atom stereocenters. The van der Waals surface area contributed by atoms with Gasteiger partial charge in [-0.05, 0) is 54.9 Å². The van der Waals surface area contributed by atoms with Crippen LogP contribution in [0.3, 0.4) is 0 Å². The molecule has 3 aromatic rings. The maximum atomic E-state index is 13.0. The molecule has 0 aliphatic heterocycles. The Balaban J connectivity index is 1.59. The number of nitrogens with zero attached hydrogens (tertiary/aromatic N) is 2. The number of aryl methyl sites for hydroxylation is 2. The van der Waals surface area contributed by atoms with Gasteiger partial charge < -0.3 is 5.32 Å². The van der Waals surface area contributed by atoms with E-state index in [2.05, 4.69) is 24.1 Å². The zero-order chi connectivity index (χ0) is 19.0. The first-order valence-corrected chi connectivity index (χ1v) is 10.2. The smallest absolute Gasteiger partial charge is 0.262 e. The lowest BCUT2D eigenvalue weighted by Gasteiger charge is -2.17. The normalized spacial score (nSPS) is 16.3. The first-order chi connectivity index (χ1) is 13.0. The van der Waals surface area contributed by atoms with Crippen LogP contribution in [-0.4, -0.2) is 15.5 Å². The van der Waals surface area contributed by atoms with Gasteiger partial charge in [-0.2, -0.15) is 0 Å². The Bertz CT molecular complexity index is 1070. The Hall–Kier alpha value is -2.47. The molecule has 1 aliphatic carbocycles. The molecule has 5 nitrogen and oxygen atoms in total. The topological polar surface area (TPSA) is 64.0 Å². The Morgan fingerprint density at radius 2 is 2.26 bits per heavy atom. The third-order valence-corrected chi connectivity index (χ3v) is 6.38. The van der Waals surface area contributed by atoms with Gasteiger partial charge in [-0.1, -0.05) is 26.0 Å². The van der Waals surface area contributed by atoms with Gasteiger partial charge in [0.2, 0.25) is 5.91 Å². The second-order valence-electron chi connectivity index (χ2n) is 7.31. The third-order valence-electron chi connectivity index (χ3n) is 5.22. The molecule has 0 unspecified atom stereocenters. The quantitative estimate of drug-likeness (QED) is 0.748. The number of amides is 1. The highest BCUT2D eigenvalue weighted by atomic mass is 32.1. The van der Waals surface area contributed by atoms with Crippen molar-refractivity contribution in [2.24, 2.45) is 5.92 Å². The van der Waals surface area contributed by atoms with Crippen LogP contribution in [-0.2, 0) is 30.6 Å². The Labute approximate surface area is 162 Å². The minimum atomic E-state index is -0.218. The summed E-state index contributed by atoms with van der Waals surface area (Å²) in [4.78, 5) is 32.0. The molecular formula is C21H23N3O2S. The zero-order valence-corrected chi connectivity index (χ0v) is 16.4. The lowest BCUT2D eigenvalue weighted by atomic mass is 9.89. The molecule has 0 spiro atoms. The van der Waals surface area contributed by atoms with E-state index in [0.717, 1.165) is 47.3 Å². The molecule has 27 heavy (non-hydrogen) atoms. The van der Waals surface area contributed by atoms with Gasteiger partial charge in [-0.3, -0.25) is 14.2 Å². The first-order valence-electron chi connectivity index (χ1n) is 9.43. The molecule has 4 rings (SSSR count). The van der Waals surface area contributed by atoms with Crippen molar-refractivity contribution in [2.75, 3.05) is 5.32 Å². The number of nitrogens with one attached hydrogen (secondary N) is 1. The average Bonchev–Trinajstić information content (AvgIpc) is 3.02. The van der Waals surface area contributed by atoms with Gasteiger partial charge >= 0.3 is 0 Å². The van der Waals surface area contributed by atoms with Crippen LogP contribution in [0.25, 0.3) is 10.2 Å². The third kappa shape index (κ3) is 3.54. The number of aromatic nitrogens is 2. The second-order valence-corrected chi connectivity index (χ2v) is 8.40. The van der Waals surface area contributed by atoms with Crippen molar-refractivity contribution in [2.45, 2.75) is 46.1 Å². The largest absolute Gasteiger partial charge is 0.325 e. The van der Waals surface area contributed by atoms with Gasteiger partial charge in [0.05, 0.1) is 11.7 Å². The number of hydrogen-bond donors (Lipinski definition) is 1. The van der Waals surface area contributed by atoms with Crippen LogP contribution in [0.1, 0.15) is 36.3 Å². The number of hydrogen-bond acceptors (Lipinski definition) is 4. The average molecular weight is 382 g/mol. The highest BCUT2D eigenvalue weighted by Gasteiger charge is 2.23. The fraction of sp³-hybridized carbons (Fsp3) is 0.381. The summed E-state index contributed by atoms with van der Waals surface area (Å²) in [6.07, 6.45) is 5.45. The van der Waals surface area contributed by atoms with E-state index in [4.69, 9.17) is 0 Å². The molecule has 1 aromatic carbocycles. The Morgan fingerprint density at radius 3 is 3.07 bits per heavy atom. The molecule has 6 heteroatoms. The van der Waals surface area contributed by atoms with Crippen LogP contribution >= 0.6 is 11.3 Å². The predicted octanol–water partition coefficient (Wildman–Crippen LogP) is 3.78. The van der Waals surface area contributed by atoms with Crippen molar-refractivity contribution >= 4 is 33.1 Å². The fourth-order valence-corrected chi connectivity index (χ4v) is 5.04. The van der Waals surface area contributed by atoms with Crippen molar-refractivity contribution in [3.8, 4) is 0 Å². The lowest BCUT2D eigenvalue weighted by molar-refractivity contribution is -0.116. The number of fused-ring (bicyclic) bond motifs is 3. The van der Waals surface area contributed by atoms with Crippen molar-refractivity contribution in [1.29, 1.82) is 0 Å². The monoisotopic (exact) mass is 381 g/mol. The summed E-state index contributed by atoms with van der Waals surface area (Å²) in [6, 6.07) is 7.77. The van der Waals surface area contributed by atoms with Gasteiger partial charge in [-0.25, -0.2) is 4.98 Å². The van der Waals surface area contributed by atoms with E-state index >= 15 is 0 Å². The van der Waals surface area contributed by atoms with Crippen molar-refractivity contribution in [1.82, 2.24) is 9.55 Å². The molecule has 0 saturated carbocycles. The van der Waals surface area contributed by atoms with E-state index in [9.17, 15) is 9.59 Å². The van der Waals surface area contributed by atoms with E-state index in [1.54, 1.807) is 11.3 Å². The molecule has 0 fully saturated rings. The van der Waals surface area contributed by atoms with E-state index in [1.807, 2.05) is 24.3 Å². The fourth-order valence-electron chi connectivity index (χ4n) is 3.70. The number of benzene rings is 1. The van der Waals surface area contributed by atoms with Gasteiger partial charge in [0.15, 0.2) is 0 Å². The van der Waals surface area contributed by atoms with Gasteiger partial charge in [0.1, 0.15) is 11.4 Å². The van der Waals surface area contributed by atoms with E-state index in [-0.39, 0.29) is 18.0 Å². The minimum Gasteiger partial charge on any atom is -0.325 e. The van der Waals surface area contributed by atoms with E-state index in [1.165, 1.54) is 15.8 Å². The maximum Gasteiger partial charge on any atom is 0.262 e. The highest BCUT2D eigenvalue weighted by Crippen LogP contribution is 2.35. The van der Waals surface area contributed by atoms with Crippen LogP contribution in [0.2, 0.25) is 0 Å². The summed E-state index contributed by atoms with van der Waals surface area (Å²) < 4.78 is 1.42. The van der Waals surface area contributed by atoms with Gasteiger partial charge in [0, 0.05) is 10.6 Å². The van der Waals surface area contributed by atoms with Crippen molar-refractivity contribution in [3.63, 3.8) is 0 Å². The summed E-state index contributed by atoms with van der Waals surface area (Å²) in [5, 5.41) is 3.59. The molecule has 2 aromatic heterocycles. The first kappa shape index (κ1) is 17.9. The number of rotatable bonds is 4. The predicted molar refractivity (Wildman–Crippen MR) is 110 cm³/mol. The number of carbonyl (C=O) groups excluding carboxylic acids is 1. The maximum absolute atomic E-state index is 13.0. The summed E-state index contributed by atoms with van der Waals surface area (Å²) >= 11 is 1.63. The Morgan fingerprint density at radius 1 is 1.41 bits per heavy atom. The summed E-state index contributed by atoms with van der Waals surface area (Å²) in [7, 11) is 0. The van der Waals surface area contributed by atoms with Crippen molar-refractivity contribution in [3.05, 3.63) is 57.0 Å². The molecular weight excluding hydrogens is 358 g/mol. The molecule has 2 heterocycles. The highest BCUT2D eigenvalue weighted by molar-refractivity contribution is 7.18. The van der Waals surface area contributed by atoms with Crippen LogP contribution in [0.15, 0.2) is 35.4 Å². The summed E-state index contributed by atoms with van der Waals surface area (Å²) in [5.41, 5.74) is 2.95. The molecule has 0 bridgehead atoms. The molecule has 0 saturated heterocycles. The summed E-state index contributed by atoms with van der Waals surface area (Å²) in [6.45, 7) is 4.29. The number of anilines is 1. The molecule has 140 valence electrons. The lowest BCUT2D eigenvalue weighted by Crippen LogP contribution is -2.28. The van der Waals surface area contributed by atoms with Crippen LogP contribution in [0, 0.1) is 5.92 Å². The minimum absolute atomic E-state index is 0.0286. The SMILES string of the molecule is CCc1cccc(NC(=O)Cn2cnc3sc4c(c3c2=O)CC[C@@H](C)C4)c1. The van der Waals surface area contributed by atoms with Gasteiger partial charge in [-0.15, -0.1) is 11.3 Å². The zero-order valence-electron chi connectivity index (χ0n) is 15.6. The van der Waals surface area contributed by atoms with Crippen LogP contribution in [0.5, 0.6) is 0 Å². The summed E-state index contributed by atoms with van der Waals surface area (Å²) in [5.74, 6) is 0.432. The molecule has 1 amide bonds. The number of thiophene rings is 1. The van der Waals surface area contributed by atoms with Gasteiger partial charge in [0.25, 0.3) is 5.56 Å². The molecule has 1 N–H and O–H groups in total. The molecule has 1 aliphatic rings. The second kappa shape index (κ2) is 7.27. The number of carbonyl (C=O) groups is 1. The van der Waals surface area contributed by atoms with E-state index in [0.29, 0.717) is 11.3 Å². The standard InChI is InChI=1S/C21H23N3O2S/c1-3-14-5-4-6-15(10-14)23-18(25)11-24-12-22-20-19(21(24)26)16-8-7-13(2)9-17(16)27-20/h4-6,10,12-13H,3,7-9,11H2,1-2H3,(H,23,25)/t13-/m1/s1. The van der Waals surface area contributed by atoms with Crippen LogP contribution in [0.4, 0.5) is 5.69 Å². The Kier molecular flexibility index (Phi) is 4.83. The molecule has 0 radical (unpaired) electrons.